The zero-order chi connectivity index (χ0) is 17.6. The van der Waals surface area contributed by atoms with Crippen molar-refractivity contribution in [2.45, 2.75) is 19.1 Å². The number of nitrogens with two attached hydrogens (primary N) is 1. The Morgan fingerprint density at radius 1 is 1.30 bits per heavy atom. The monoisotopic (exact) mass is 396 g/mol. The summed E-state index contributed by atoms with van der Waals surface area (Å²) in [5.74, 6) is -2.71. The molecule has 0 fully saturated rings. The number of amides is 1. The van der Waals surface area contributed by atoms with Crippen molar-refractivity contribution in [1.82, 2.24) is 4.90 Å². The molecule has 1 atom stereocenters. The number of alkyl halides is 3. The third kappa shape index (κ3) is 5.21. The van der Waals surface area contributed by atoms with Crippen LogP contribution in [0.1, 0.15) is 18.5 Å². The number of hydrogen-bond donors (Lipinski definition) is 1. The molecule has 23 heavy (non-hydrogen) atoms. The van der Waals surface area contributed by atoms with Gasteiger partial charge in [0, 0.05) is 17.6 Å². The molecule has 0 aromatic heterocycles. The number of esters is 1. The van der Waals surface area contributed by atoms with E-state index in [2.05, 4.69) is 20.7 Å². The highest BCUT2D eigenvalue weighted by Gasteiger charge is 2.47. The van der Waals surface area contributed by atoms with Crippen LogP contribution in [-0.4, -0.2) is 42.6 Å². The lowest BCUT2D eigenvalue weighted by atomic mass is 10.0. The van der Waals surface area contributed by atoms with Crippen LogP contribution in [0.5, 0.6) is 0 Å². The Kier molecular flexibility index (Phi) is 7.01. The Morgan fingerprint density at radius 2 is 1.87 bits per heavy atom. The van der Waals surface area contributed by atoms with Crippen LogP contribution >= 0.6 is 15.9 Å². The standard InChI is InChI=1S/C14H16BrF3N2O3/c1-2-23-13(22)12(21)20(8-7-19)11(14(16,17)18)9-3-5-10(15)6-4-9/h3-6,11H,2,7-8,19H2,1H3. The summed E-state index contributed by atoms with van der Waals surface area (Å²) in [7, 11) is 0. The zero-order valence-electron chi connectivity index (χ0n) is 12.3. The van der Waals surface area contributed by atoms with Gasteiger partial charge in [-0.1, -0.05) is 28.1 Å². The zero-order valence-corrected chi connectivity index (χ0v) is 13.9. The quantitative estimate of drug-likeness (QED) is 0.612. The topological polar surface area (TPSA) is 72.6 Å². The van der Waals surface area contributed by atoms with Crippen LogP contribution in [0.2, 0.25) is 0 Å². The summed E-state index contributed by atoms with van der Waals surface area (Å²) in [6.45, 7) is 0.677. The minimum absolute atomic E-state index is 0.115. The number of nitrogens with zero attached hydrogens (tertiary/aromatic N) is 1. The van der Waals surface area contributed by atoms with Crippen molar-refractivity contribution in [2.75, 3.05) is 19.7 Å². The highest BCUT2D eigenvalue weighted by atomic mass is 79.9. The molecule has 128 valence electrons. The van der Waals surface area contributed by atoms with Crippen LogP contribution in [-0.2, 0) is 14.3 Å². The maximum atomic E-state index is 13.5. The molecular weight excluding hydrogens is 381 g/mol. The van der Waals surface area contributed by atoms with E-state index in [1.807, 2.05) is 0 Å². The minimum atomic E-state index is -4.77. The molecule has 0 saturated heterocycles. The number of hydrogen-bond acceptors (Lipinski definition) is 4. The lowest BCUT2D eigenvalue weighted by Gasteiger charge is -2.32. The molecule has 2 N–H and O–H groups in total. The van der Waals surface area contributed by atoms with Crippen LogP contribution in [0, 0.1) is 0 Å². The Balaban J connectivity index is 3.26. The molecule has 0 saturated carbocycles. The van der Waals surface area contributed by atoms with E-state index in [1.54, 1.807) is 0 Å². The molecule has 9 heteroatoms. The molecule has 1 rings (SSSR count). The first-order chi connectivity index (χ1) is 10.7. The van der Waals surface area contributed by atoms with E-state index in [9.17, 15) is 22.8 Å². The van der Waals surface area contributed by atoms with Gasteiger partial charge in [0.25, 0.3) is 0 Å². The molecule has 0 bridgehead atoms. The van der Waals surface area contributed by atoms with E-state index in [-0.39, 0.29) is 18.7 Å². The van der Waals surface area contributed by atoms with Crippen molar-refractivity contribution >= 4 is 27.8 Å². The Morgan fingerprint density at radius 3 is 2.30 bits per heavy atom. The number of halogens is 4. The SMILES string of the molecule is CCOC(=O)C(=O)N(CCN)C(c1ccc(Br)cc1)C(F)(F)F. The average Bonchev–Trinajstić information content (AvgIpc) is 2.47. The van der Waals surface area contributed by atoms with Gasteiger partial charge in [-0.15, -0.1) is 0 Å². The maximum absolute atomic E-state index is 13.5. The summed E-state index contributed by atoms with van der Waals surface area (Å²) in [5.41, 5.74) is 5.13. The van der Waals surface area contributed by atoms with Gasteiger partial charge in [-0.25, -0.2) is 4.79 Å². The summed E-state index contributed by atoms with van der Waals surface area (Å²) in [5, 5.41) is 0. The molecular formula is C14H16BrF3N2O3. The highest BCUT2D eigenvalue weighted by Crippen LogP contribution is 2.38. The largest absolute Gasteiger partial charge is 0.459 e. The smallest absolute Gasteiger partial charge is 0.413 e. The normalized spacial score (nSPS) is 12.6. The van der Waals surface area contributed by atoms with Crippen LogP contribution in [0.3, 0.4) is 0 Å². The van der Waals surface area contributed by atoms with Crippen molar-refractivity contribution < 1.29 is 27.5 Å². The minimum Gasteiger partial charge on any atom is -0.459 e. The lowest BCUT2D eigenvalue weighted by molar-refractivity contribution is -0.195. The van der Waals surface area contributed by atoms with E-state index < -0.39 is 30.6 Å². The van der Waals surface area contributed by atoms with E-state index >= 15 is 0 Å². The predicted octanol–water partition coefficient (Wildman–Crippen LogP) is 2.40. The predicted molar refractivity (Wildman–Crippen MR) is 80.3 cm³/mol. The molecule has 0 spiro atoms. The van der Waals surface area contributed by atoms with Gasteiger partial charge in [-0.3, -0.25) is 4.79 Å². The van der Waals surface area contributed by atoms with Gasteiger partial charge in [0.1, 0.15) is 0 Å². The van der Waals surface area contributed by atoms with Crippen molar-refractivity contribution in [3.63, 3.8) is 0 Å². The lowest BCUT2D eigenvalue weighted by Crippen LogP contribution is -2.47. The van der Waals surface area contributed by atoms with Gasteiger partial charge in [0.05, 0.1) is 6.61 Å². The number of carbonyl (C=O) groups excluding carboxylic acids is 2. The van der Waals surface area contributed by atoms with Crippen molar-refractivity contribution in [1.29, 1.82) is 0 Å². The van der Waals surface area contributed by atoms with E-state index in [4.69, 9.17) is 5.73 Å². The van der Waals surface area contributed by atoms with Crippen molar-refractivity contribution in [3.05, 3.63) is 34.3 Å². The average molecular weight is 397 g/mol. The fraction of sp³-hybridized carbons (Fsp3) is 0.429. The highest BCUT2D eigenvalue weighted by molar-refractivity contribution is 9.10. The summed E-state index contributed by atoms with van der Waals surface area (Å²) < 4.78 is 45.6. The third-order valence-corrected chi connectivity index (χ3v) is 3.42. The third-order valence-electron chi connectivity index (χ3n) is 2.89. The Hall–Kier alpha value is -1.61. The van der Waals surface area contributed by atoms with Crippen molar-refractivity contribution in [2.24, 2.45) is 5.73 Å². The van der Waals surface area contributed by atoms with Gasteiger partial charge in [0.15, 0.2) is 6.04 Å². The second kappa shape index (κ2) is 8.30. The van der Waals surface area contributed by atoms with Gasteiger partial charge in [-0.05, 0) is 24.6 Å². The van der Waals surface area contributed by atoms with Crippen LogP contribution in [0.25, 0.3) is 0 Å². The number of carbonyl (C=O) groups is 2. The molecule has 0 aliphatic heterocycles. The van der Waals surface area contributed by atoms with E-state index in [0.717, 1.165) is 0 Å². The molecule has 5 nitrogen and oxygen atoms in total. The van der Waals surface area contributed by atoms with Crippen LogP contribution < -0.4 is 5.73 Å². The number of benzene rings is 1. The summed E-state index contributed by atoms with van der Waals surface area (Å²) in [4.78, 5) is 24.0. The van der Waals surface area contributed by atoms with Gasteiger partial charge in [0.2, 0.25) is 0 Å². The second-order valence-electron chi connectivity index (χ2n) is 4.50. The summed E-state index contributed by atoms with van der Waals surface area (Å²) in [6.07, 6.45) is -4.77. The van der Waals surface area contributed by atoms with E-state index in [1.165, 1.54) is 31.2 Å². The molecule has 1 amide bonds. The first-order valence-electron chi connectivity index (χ1n) is 6.72. The van der Waals surface area contributed by atoms with Gasteiger partial charge in [-0.2, -0.15) is 13.2 Å². The second-order valence-corrected chi connectivity index (χ2v) is 5.42. The molecule has 1 aromatic rings. The molecule has 1 unspecified atom stereocenters. The van der Waals surface area contributed by atoms with Crippen molar-refractivity contribution in [3.8, 4) is 0 Å². The van der Waals surface area contributed by atoms with Crippen LogP contribution in [0.15, 0.2) is 28.7 Å². The summed E-state index contributed by atoms with van der Waals surface area (Å²) >= 11 is 3.13. The Bertz CT molecular complexity index is 549. The molecule has 0 heterocycles. The van der Waals surface area contributed by atoms with Crippen LogP contribution in [0.4, 0.5) is 13.2 Å². The molecule has 0 radical (unpaired) electrons. The maximum Gasteiger partial charge on any atom is 0.413 e. The molecule has 0 aliphatic carbocycles. The van der Waals surface area contributed by atoms with E-state index in [0.29, 0.717) is 9.37 Å². The van der Waals surface area contributed by atoms with Gasteiger partial charge < -0.3 is 15.4 Å². The summed E-state index contributed by atoms with van der Waals surface area (Å²) in [6, 6.07) is 3.01. The molecule has 0 aliphatic rings. The van der Waals surface area contributed by atoms with Gasteiger partial charge >= 0.3 is 18.1 Å². The fourth-order valence-corrected chi connectivity index (χ4v) is 2.25. The number of ether oxygens (including phenoxy) is 1. The Labute approximate surface area is 139 Å². The number of rotatable bonds is 5. The first-order valence-corrected chi connectivity index (χ1v) is 7.51. The first kappa shape index (κ1) is 19.4. The fourth-order valence-electron chi connectivity index (χ4n) is 1.99. The molecule has 1 aromatic carbocycles.